The number of hydrogen-bond acceptors (Lipinski definition) is 4. The van der Waals surface area contributed by atoms with Crippen molar-refractivity contribution in [3.05, 3.63) is 18.2 Å². The van der Waals surface area contributed by atoms with Gasteiger partial charge in [0.25, 0.3) is 0 Å². The molecule has 4 nitrogen and oxygen atoms in total. The Hall–Kier alpha value is -1.42. The molecule has 1 aliphatic heterocycles. The second-order valence-electron chi connectivity index (χ2n) is 5.14. The Kier molecular flexibility index (Phi) is 4.91. The summed E-state index contributed by atoms with van der Waals surface area (Å²) >= 11 is 0. The summed E-state index contributed by atoms with van der Waals surface area (Å²) < 4.78 is 11.0. The molecule has 0 spiro atoms. The minimum absolute atomic E-state index is 0.690. The predicted octanol–water partition coefficient (Wildman–Crippen LogP) is 2.53. The van der Waals surface area contributed by atoms with Gasteiger partial charge in [-0.15, -0.1) is 0 Å². The van der Waals surface area contributed by atoms with Gasteiger partial charge in [-0.2, -0.15) is 0 Å². The van der Waals surface area contributed by atoms with Crippen molar-refractivity contribution in [2.75, 3.05) is 32.5 Å². The summed E-state index contributed by atoms with van der Waals surface area (Å²) in [6.07, 6.45) is 3.69. The molecular weight excluding hydrogens is 240 g/mol. The Bertz CT molecular complexity index is 409. The molecule has 0 saturated carbocycles. The van der Waals surface area contributed by atoms with E-state index in [-0.39, 0.29) is 0 Å². The Labute approximate surface area is 115 Å². The van der Waals surface area contributed by atoms with E-state index < -0.39 is 0 Å². The monoisotopic (exact) mass is 264 g/mol. The number of nitrogens with zero attached hydrogens (tertiary/aromatic N) is 1. The largest absolute Gasteiger partial charge is 0.493 e. The number of nitrogens with two attached hydrogens (primary N) is 1. The average molecular weight is 264 g/mol. The first kappa shape index (κ1) is 14.0. The van der Waals surface area contributed by atoms with E-state index in [9.17, 15) is 0 Å². The molecule has 2 N–H and O–H groups in total. The van der Waals surface area contributed by atoms with Crippen LogP contribution in [0.5, 0.6) is 11.5 Å². The Balaban J connectivity index is 1.76. The minimum atomic E-state index is 0.690. The molecule has 0 radical (unpaired) electrons. The van der Waals surface area contributed by atoms with Crippen LogP contribution in [-0.2, 0) is 0 Å². The first-order chi connectivity index (χ1) is 9.20. The van der Waals surface area contributed by atoms with E-state index in [0.717, 1.165) is 24.8 Å². The van der Waals surface area contributed by atoms with E-state index in [2.05, 4.69) is 11.8 Å². The van der Waals surface area contributed by atoms with Crippen LogP contribution < -0.4 is 15.2 Å². The molecule has 1 unspecified atom stereocenters. The maximum atomic E-state index is 5.77. The van der Waals surface area contributed by atoms with Crippen LogP contribution in [0.1, 0.15) is 26.2 Å². The lowest BCUT2D eigenvalue weighted by molar-refractivity contribution is 0.226. The molecule has 1 aromatic rings. The molecule has 0 aromatic heterocycles. The molecule has 1 saturated heterocycles. The van der Waals surface area contributed by atoms with Crippen molar-refractivity contribution in [1.82, 2.24) is 4.90 Å². The zero-order valence-corrected chi connectivity index (χ0v) is 11.9. The maximum absolute atomic E-state index is 5.77. The van der Waals surface area contributed by atoms with E-state index in [0.29, 0.717) is 18.0 Å². The van der Waals surface area contributed by atoms with Gasteiger partial charge in [0.2, 0.25) is 0 Å². The van der Waals surface area contributed by atoms with Crippen molar-refractivity contribution in [2.24, 2.45) is 0 Å². The summed E-state index contributed by atoms with van der Waals surface area (Å²) in [5.74, 6) is 1.47. The fraction of sp³-hybridized carbons (Fsp3) is 0.600. The van der Waals surface area contributed by atoms with Crippen molar-refractivity contribution in [2.45, 2.75) is 32.2 Å². The van der Waals surface area contributed by atoms with Gasteiger partial charge in [0.15, 0.2) is 11.5 Å². The molecule has 1 heterocycles. The van der Waals surface area contributed by atoms with Crippen molar-refractivity contribution in [3.8, 4) is 11.5 Å². The molecule has 4 heteroatoms. The van der Waals surface area contributed by atoms with Gasteiger partial charge in [0.05, 0.1) is 13.7 Å². The van der Waals surface area contributed by atoms with Gasteiger partial charge in [0.1, 0.15) is 0 Å². The third kappa shape index (κ3) is 3.77. The fourth-order valence-corrected chi connectivity index (χ4v) is 2.58. The molecule has 2 rings (SSSR count). The first-order valence-electron chi connectivity index (χ1n) is 7.01. The molecular formula is C15H24N2O2. The fourth-order valence-electron chi connectivity index (χ4n) is 2.58. The Morgan fingerprint density at radius 3 is 2.89 bits per heavy atom. The summed E-state index contributed by atoms with van der Waals surface area (Å²) in [5, 5.41) is 0. The lowest BCUT2D eigenvalue weighted by Crippen LogP contribution is -2.28. The topological polar surface area (TPSA) is 47.7 Å². The van der Waals surface area contributed by atoms with E-state index in [4.69, 9.17) is 15.2 Å². The van der Waals surface area contributed by atoms with Crippen molar-refractivity contribution in [3.63, 3.8) is 0 Å². The molecule has 1 aliphatic rings. The summed E-state index contributed by atoms with van der Waals surface area (Å²) in [6.45, 7) is 5.35. The highest BCUT2D eigenvalue weighted by molar-refractivity contribution is 5.51. The first-order valence-corrected chi connectivity index (χ1v) is 7.01. The van der Waals surface area contributed by atoms with E-state index in [1.54, 1.807) is 13.2 Å². The van der Waals surface area contributed by atoms with Crippen LogP contribution >= 0.6 is 0 Å². The number of ether oxygens (including phenoxy) is 2. The zero-order chi connectivity index (χ0) is 13.7. The molecule has 106 valence electrons. The molecule has 1 atom stereocenters. The van der Waals surface area contributed by atoms with E-state index >= 15 is 0 Å². The zero-order valence-electron chi connectivity index (χ0n) is 11.9. The minimum Gasteiger partial charge on any atom is -0.493 e. The highest BCUT2D eigenvalue weighted by Gasteiger charge is 2.19. The van der Waals surface area contributed by atoms with E-state index in [1.807, 2.05) is 12.1 Å². The van der Waals surface area contributed by atoms with Crippen LogP contribution in [0.3, 0.4) is 0 Å². The highest BCUT2D eigenvalue weighted by atomic mass is 16.5. The van der Waals surface area contributed by atoms with Crippen LogP contribution in [0.25, 0.3) is 0 Å². The van der Waals surface area contributed by atoms with Crippen LogP contribution in [0.4, 0.5) is 5.69 Å². The van der Waals surface area contributed by atoms with Crippen LogP contribution in [0, 0.1) is 0 Å². The second kappa shape index (κ2) is 6.66. The molecule has 0 aliphatic carbocycles. The Morgan fingerprint density at radius 1 is 1.37 bits per heavy atom. The molecule has 1 fully saturated rings. The second-order valence-corrected chi connectivity index (χ2v) is 5.14. The van der Waals surface area contributed by atoms with Crippen molar-refractivity contribution < 1.29 is 9.47 Å². The summed E-state index contributed by atoms with van der Waals surface area (Å²) in [7, 11) is 1.63. The highest BCUT2D eigenvalue weighted by Crippen LogP contribution is 2.29. The number of anilines is 1. The van der Waals surface area contributed by atoms with Gasteiger partial charge in [-0.3, -0.25) is 0 Å². The quantitative estimate of drug-likeness (QED) is 0.633. The van der Waals surface area contributed by atoms with Gasteiger partial charge in [-0.05, 0) is 44.9 Å². The summed E-state index contributed by atoms with van der Waals surface area (Å²) in [6, 6.07) is 6.22. The van der Waals surface area contributed by atoms with Crippen LogP contribution in [-0.4, -0.2) is 37.7 Å². The van der Waals surface area contributed by atoms with Crippen molar-refractivity contribution in [1.29, 1.82) is 0 Å². The van der Waals surface area contributed by atoms with Crippen molar-refractivity contribution >= 4 is 5.69 Å². The van der Waals surface area contributed by atoms with Gasteiger partial charge in [0, 0.05) is 24.3 Å². The molecule has 0 bridgehead atoms. The number of methoxy groups -OCH3 is 1. The predicted molar refractivity (Wildman–Crippen MR) is 77.8 cm³/mol. The number of hydrogen-bond donors (Lipinski definition) is 1. The lowest BCUT2D eigenvalue weighted by atomic mass is 10.2. The van der Waals surface area contributed by atoms with Crippen LogP contribution in [0.2, 0.25) is 0 Å². The normalized spacial score (nSPS) is 19.6. The smallest absolute Gasteiger partial charge is 0.162 e. The van der Waals surface area contributed by atoms with E-state index in [1.165, 1.54) is 19.4 Å². The number of likely N-dealkylation sites (tertiary alicyclic amines) is 1. The van der Waals surface area contributed by atoms with Gasteiger partial charge in [-0.25, -0.2) is 0 Å². The number of nitrogen functional groups attached to an aromatic ring is 1. The van der Waals surface area contributed by atoms with Gasteiger partial charge >= 0.3 is 0 Å². The Morgan fingerprint density at radius 2 is 2.21 bits per heavy atom. The van der Waals surface area contributed by atoms with Crippen LogP contribution in [0.15, 0.2) is 18.2 Å². The lowest BCUT2D eigenvalue weighted by Gasteiger charge is -2.20. The summed E-state index contributed by atoms with van der Waals surface area (Å²) in [5.41, 5.74) is 6.40. The number of benzene rings is 1. The number of rotatable bonds is 6. The standard InChI is InChI=1S/C15H24N2O2/c1-12-5-3-8-17(12)9-4-10-19-14-7-6-13(16)11-15(14)18-2/h6-7,11-12H,3-5,8-10,16H2,1-2H3. The molecule has 0 amide bonds. The molecule has 19 heavy (non-hydrogen) atoms. The SMILES string of the molecule is COc1cc(N)ccc1OCCCN1CCCC1C. The summed E-state index contributed by atoms with van der Waals surface area (Å²) in [4.78, 5) is 2.53. The average Bonchev–Trinajstić information content (AvgIpc) is 2.81. The molecule has 1 aromatic carbocycles. The third-order valence-corrected chi connectivity index (χ3v) is 3.73. The van der Waals surface area contributed by atoms with Gasteiger partial charge in [-0.1, -0.05) is 0 Å². The third-order valence-electron chi connectivity index (χ3n) is 3.73. The maximum Gasteiger partial charge on any atom is 0.162 e. The van der Waals surface area contributed by atoms with Gasteiger partial charge < -0.3 is 20.1 Å².